The number of aromatic nitrogens is 4. The van der Waals surface area contributed by atoms with Crippen molar-refractivity contribution in [3.05, 3.63) is 17.0 Å². The van der Waals surface area contributed by atoms with E-state index in [-0.39, 0.29) is 0 Å². The van der Waals surface area contributed by atoms with Crippen molar-refractivity contribution in [2.24, 2.45) is 16.7 Å². The van der Waals surface area contributed by atoms with Crippen molar-refractivity contribution in [2.45, 2.75) is 34.6 Å². The maximum absolute atomic E-state index is 6.16. The summed E-state index contributed by atoms with van der Waals surface area (Å²) >= 11 is 6.16. The Labute approximate surface area is 123 Å². The molecule has 108 valence electrons. The van der Waals surface area contributed by atoms with Gasteiger partial charge in [-0.15, -0.1) is 0 Å². The first kappa shape index (κ1) is 13.6. The Morgan fingerprint density at radius 2 is 1.95 bits per heavy atom. The molecule has 1 fully saturated rings. The highest BCUT2D eigenvalue weighted by atomic mass is 35.5. The van der Waals surface area contributed by atoms with E-state index in [9.17, 15) is 0 Å². The molecule has 2 heterocycles. The van der Waals surface area contributed by atoms with Crippen molar-refractivity contribution in [3.63, 3.8) is 0 Å². The van der Waals surface area contributed by atoms with Crippen molar-refractivity contribution in [1.29, 1.82) is 0 Å². The van der Waals surface area contributed by atoms with Crippen LogP contribution in [0.15, 0.2) is 6.33 Å². The highest BCUT2D eigenvalue weighted by Crippen LogP contribution is 2.68. The van der Waals surface area contributed by atoms with Crippen molar-refractivity contribution in [3.8, 4) is 0 Å². The topological polar surface area (TPSA) is 55.1 Å². The molecule has 0 aromatic carbocycles. The summed E-state index contributed by atoms with van der Waals surface area (Å²) in [6.45, 7) is 12.1. The second-order valence-electron chi connectivity index (χ2n) is 6.72. The fraction of sp³-hybridized carbons (Fsp3) is 0.643. The van der Waals surface area contributed by atoms with Gasteiger partial charge in [0.05, 0.1) is 0 Å². The molecule has 0 bridgehead atoms. The van der Waals surface area contributed by atoms with Gasteiger partial charge in [0, 0.05) is 12.1 Å². The van der Waals surface area contributed by atoms with Gasteiger partial charge in [0.1, 0.15) is 17.3 Å². The van der Waals surface area contributed by atoms with Crippen LogP contribution in [-0.2, 0) is 0 Å². The first-order chi connectivity index (χ1) is 9.26. The Hall–Kier alpha value is -1.36. The first-order valence-corrected chi connectivity index (χ1v) is 7.24. The Kier molecular flexibility index (Phi) is 2.77. The monoisotopic (exact) mass is 293 g/mol. The van der Waals surface area contributed by atoms with Crippen molar-refractivity contribution in [1.82, 2.24) is 19.6 Å². The maximum Gasteiger partial charge on any atom is 0.255 e. The highest BCUT2D eigenvalue weighted by molar-refractivity contribution is 6.30. The molecule has 2 aromatic rings. The molecule has 1 aliphatic rings. The summed E-state index contributed by atoms with van der Waals surface area (Å²) in [4.78, 5) is 8.31. The molecule has 1 N–H and O–H groups in total. The van der Waals surface area contributed by atoms with Crippen LogP contribution < -0.4 is 5.32 Å². The Morgan fingerprint density at radius 3 is 2.55 bits per heavy atom. The summed E-state index contributed by atoms with van der Waals surface area (Å²) in [5, 5.41) is 8.18. The van der Waals surface area contributed by atoms with Gasteiger partial charge >= 0.3 is 0 Å². The molecular weight excluding hydrogens is 274 g/mol. The number of anilines is 1. The molecule has 5 nitrogen and oxygen atoms in total. The smallest absolute Gasteiger partial charge is 0.255 e. The van der Waals surface area contributed by atoms with Gasteiger partial charge in [-0.3, -0.25) is 0 Å². The van der Waals surface area contributed by atoms with E-state index in [4.69, 9.17) is 11.6 Å². The Balaban J connectivity index is 1.89. The fourth-order valence-electron chi connectivity index (χ4n) is 3.15. The van der Waals surface area contributed by atoms with Crippen LogP contribution in [0, 0.1) is 23.7 Å². The average Bonchev–Trinajstić information content (AvgIpc) is 2.72. The van der Waals surface area contributed by atoms with Crippen LogP contribution in [-0.4, -0.2) is 26.1 Å². The third-order valence-corrected chi connectivity index (χ3v) is 5.77. The number of nitrogens with one attached hydrogen (secondary N) is 1. The minimum atomic E-state index is 0.353. The molecule has 3 rings (SSSR count). The Bertz CT molecular complexity index is 659. The minimum Gasteiger partial charge on any atom is -0.369 e. The minimum absolute atomic E-state index is 0.353. The predicted molar refractivity (Wildman–Crippen MR) is 80.1 cm³/mol. The number of hydrogen-bond donors (Lipinski definition) is 1. The van der Waals surface area contributed by atoms with E-state index < -0.39 is 0 Å². The maximum atomic E-state index is 6.16. The number of rotatable bonds is 3. The molecule has 0 atom stereocenters. The summed E-state index contributed by atoms with van der Waals surface area (Å²) in [6.07, 6.45) is 1.49. The van der Waals surface area contributed by atoms with Gasteiger partial charge in [-0.2, -0.15) is 19.6 Å². The van der Waals surface area contributed by atoms with Gasteiger partial charge < -0.3 is 5.32 Å². The lowest BCUT2D eigenvalue weighted by Gasteiger charge is -2.12. The average molecular weight is 294 g/mol. The van der Waals surface area contributed by atoms with Gasteiger partial charge in [-0.1, -0.05) is 39.3 Å². The molecule has 1 saturated carbocycles. The molecule has 0 saturated heterocycles. The van der Waals surface area contributed by atoms with Gasteiger partial charge in [0.25, 0.3) is 5.78 Å². The van der Waals surface area contributed by atoms with Crippen molar-refractivity contribution in [2.75, 3.05) is 11.9 Å². The summed E-state index contributed by atoms with van der Waals surface area (Å²) < 4.78 is 1.71. The summed E-state index contributed by atoms with van der Waals surface area (Å²) in [6, 6.07) is 0. The molecule has 0 unspecified atom stereocenters. The van der Waals surface area contributed by atoms with Gasteiger partial charge in [-0.05, 0) is 23.7 Å². The van der Waals surface area contributed by atoms with Gasteiger partial charge in [0.15, 0.2) is 0 Å². The first-order valence-electron chi connectivity index (χ1n) is 6.86. The second kappa shape index (κ2) is 4.07. The summed E-state index contributed by atoms with van der Waals surface area (Å²) in [7, 11) is 0. The molecule has 2 aromatic heterocycles. The molecule has 0 aliphatic heterocycles. The lowest BCUT2D eigenvalue weighted by Crippen LogP contribution is -2.13. The van der Waals surface area contributed by atoms with Crippen LogP contribution in [0.3, 0.4) is 0 Å². The predicted octanol–water partition coefficient (Wildman–Crippen LogP) is 3.18. The largest absolute Gasteiger partial charge is 0.369 e. The number of halogens is 1. The van der Waals surface area contributed by atoms with Crippen LogP contribution in [0.2, 0.25) is 5.15 Å². The standard InChI is InChI=1S/C14H20ClN5/c1-8-10(15)19-12-17-7-18-20(12)11(8)16-6-9-13(2,3)14(9,4)5/h7,9,16H,6H2,1-5H3. The van der Waals surface area contributed by atoms with Gasteiger partial charge in [0.2, 0.25) is 0 Å². The molecule has 0 radical (unpaired) electrons. The van der Waals surface area contributed by atoms with Crippen molar-refractivity contribution >= 4 is 23.2 Å². The van der Waals surface area contributed by atoms with Crippen LogP contribution in [0.25, 0.3) is 5.78 Å². The molecule has 1 aliphatic carbocycles. The van der Waals surface area contributed by atoms with Crippen molar-refractivity contribution < 1.29 is 0 Å². The SMILES string of the molecule is Cc1c(Cl)nc2ncnn2c1NCC1C(C)(C)C1(C)C. The zero-order valence-corrected chi connectivity index (χ0v) is 13.3. The lowest BCUT2D eigenvalue weighted by molar-refractivity contribution is 0.457. The number of hydrogen-bond acceptors (Lipinski definition) is 4. The summed E-state index contributed by atoms with van der Waals surface area (Å²) in [5.41, 5.74) is 1.61. The zero-order valence-electron chi connectivity index (χ0n) is 12.5. The molecular formula is C14H20ClN5. The second-order valence-corrected chi connectivity index (χ2v) is 7.08. The van der Waals surface area contributed by atoms with E-state index in [2.05, 4.69) is 48.1 Å². The highest BCUT2D eigenvalue weighted by Gasteiger charge is 2.64. The van der Waals surface area contributed by atoms with E-state index in [1.165, 1.54) is 6.33 Å². The van der Waals surface area contributed by atoms with Gasteiger partial charge in [-0.25, -0.2) is 0 Å². The quantitative estimate of drug-likeness (QED) is 0.883. The third-order valence-electron chi connectivity index (χ3n) is 5.40. The van der Waals surface area contributed by atoms with E-state index in [0.29, 0.717) is 27.7 Å². The van der Waals surface area contributed by atoms with E-state index in [1.54, 1.807) is 4.52 Å². The van der Waals surface area contributed by atoms with E-state index in [0.717, 1.165) is 17.9 Å². The number of nitrogens with zero attached hydrogens (tertiary/aromatic N) is 4. The normalized spacial score (nSPS) is 20.3. The molecule has 0 spiro atoms. The molecule has 6 heteroatoms. The molecule has 0 amide bonds. The Morgan fingerprint density at radius 1 is 1.30 bits per heavy atom. The third kappa shape index (κ3) is 1.72. The van der Waals surface area contributed by atoms with E-state index in [1.807, 2.05) is 6.92 Å². The number of fused-ring (bicyclic) bond motifs is 1. The fourth-order valence-corrected chi connectivity index (χ4v) is 3.31. The van der Waals surface area contributed by atoms with Crippen LogP contribution in [0.5, 0.6) is 0 Å². The zero-order chi connectivity index (χ0) is 14.7. The lowest BCUT2D eigenvalue weighted by atomic mass is 10.0. The van der Waals surface area contributed by atoms with Crippen LogP contribution >= 0.6 is 11.6 Å². The van der Waals surface area contributed by atoms with E-state index >= 15 is 0 Å². The van der Waals surface area contributed by atoms with Crippen LogP contribution in [0.1, 0.15) is 33.3 Å². The molecule has 20 heavy (non-hydrogen) atoms. The van der Waals surface area contributed by atoms with Crippen LogP contribution in [0.4, 0.5) is 5.82 Å². The summed E-state index contributed by atoms with van der Waals surface area (Å²) in [5.74, 6) is 2.04.